The smallest absolute Gasteiger partial charge is 0.311 e. The molecular weight excluding hydrogens is 274 g/mol. The minimum atomic E-state index is -0.846. The van der Waals surface area contributed by atoms with Crippen molar-refractivity contribution >= 4 is 11.9 Å². The van der Waals surface area contributed by atoms with Gasteiger partial charge in [0.25, 0.3) is 5.91 Å². The zero-order valence-corrected chi connectivity index (χ0v) is 12.1. The van der Waals surface area contributed by atoms with Gasteiger partial charge in [0.2, 0.25) is 0 Å². The van der Waals surface area contributed by atoms with Crippen molar-refractivity contribution in [3.05, 3.63) is 23.8 Å². The van der Waals surface area contributed by atoms with E-state index >= 15 is 0 Å². The number of carbonyl (C=O) groups is 2. The highest BCUT2D eigenvalue weighted by Gasteiger charge is 2.44. The van der Waals surface area contributed by atoms with E-state index in [1.54, 1.807) is 18.2 Å². The van der Waals surface area contributed by atoms with Crippen LogP contribution in [-0.2, 0) is 4.79 Å². The lowest BCUT2D eigenvalue weighted by Crippen LogP contribution is -2.47. The summed E-state index contributed by atoms with van der Waals surface area (Å²) >= 11 is 0. The lowest BCUT2D eigenvalue weighted by Gasteiger charge is -2.37. The Kier molecular flexibility index (Phi) is 4.35. The Labute approximate surface area is 123 Å². The summed E-state index contributed by atoms with van der Waals surface area (Å²) in [6.07, 6.45) is 2.10. The SMILES string of the molecule is COc1ccc(C(=O)NCC2(C(=O)O)CCC2)cc1OC. The molecule has 0 aromatic heterocycles. The molecule has 6 nitrogen and oxygen atoms in total. The predicted molar refractivity (Wildman–Crippen MR) is 75.8 cm³/mol. The van der Waals surface area contributed by atoms with Crippen LogP contribution >= 0.6 is 0 Å². The number of amides is 1. The lowest BCUT2D eigenvalue weighted by molar-refractivity contribution is -0.153. The number of benzene rings is 1. The molecule has 0 atom stereocenters. The van der Waals surface area contributed by atoms with Crippen LogP contribution in [0, 0.1) is 5.41 Å². The van der Waals surface area contributed by atoms with Crippen molar-refractivity contribution in [2.24, 2.45) is 5.41 Å². The molecule has 1 aliphatic carbocycles. The molecule has 1 aromatic carbocycles. The van der Waals surface area contributed by atoms with Crippen molar-refractivity contribution in [1.29, 1.82) is 0 Å². The van der Waals surface area contributed by atoms with E-state index in [9.17, 15) is 14.7 Å². The molecule has 1 amide bonds. The first-order valence-corrected chi connectivity index (χ1v) is 6.76. The topological polar surface area (TPSA) is 84.9 Å². The fourth-order valence-corrected chi connectivity index (χ4v) is 2.40. The van der Waals surface area contributed by atoms with Crippen LogP contribution < -0.4 is 14.8 Å². The van der Waals surface area contributed by atoms with Crippen LogP contribution in [0.3, 0.4) is 0 Å². The number of aliphatic carboxylic acids is 1. The highest BCUT2D eigenvalue weighted by Crippen LogP contribution is 2.40. The first kappa shape index (κ1) is 15.2. The van der Waals surface area contributed by atoms with Crippen LogP contribution in [0.1, 0.15) is 29.6 Å². The van der Waals surface area contributed by atoms with Gasteiger partial charge in [-0.1, -0.05) is 6.42 Å². The summed E-state index contributed by atoms with van der Waals surface area (Å²) in [6, 6.07) is 4.83. The van der Waals surface area contributed by atoms with E-state index < -0.39 is 11.4 Å². The number of carboxylic acids is 1. The molecule has 1 saturated carbocycles. The maximum Gasteiger partial charge on any atom is 0.311 e. The molecule has 21 heavy (non-hydrogen) atoms. The molecule has 0 saturated heterocycles. The van der Waals surface area contributed by atoms with E-state index in [0.29, 0.717) is 29.9 Å². The van der Waals surface area contributed by atoms with Gasteiger partial charge < -0.3 is 19.9 Å². The van der Waals surface area contributed by atoms with Crippen molar-refractivity contribution in [1.82, 2.24) is 5.32 Å². The second-order valence-electron chi connectivity index (χ2n) is 5.19. The number of carboxylic acid groups (broad SMARTS) is 1. The molecular formula is C15H19NO5. The van der Waals surface area contributed by atoms with Gasteiger partial charge in [-0.25, -0.2) is 0 Å². The largest absolute Gasteiger partial charge is 0.493 e. The molecule has 1 aromatic rings. The first-order chi connectivity index (χ1) is 10.0. The minimum Gasteiger partial charge on any atom is -0.493 e. The number of rotatable bonds is 6. The maximum atomic E-state index is 12.1. The molecule has 6 heteroatoms. The highest BCUT2D eigenvalue weighted by molar-refractivity contribution is 5.95. The Morgan fingerprint density at radius 2 is 1.90 bits per heavy atom. The summed E-state index contributed by atoms with van der Waals surface area (Å²) in [7, 11) is 3.01. The quantitative estimate of drug-likeness (QED) is 0.833. The molecule has 0 radical (unpaired) electrons. The number of nitrogens with one attached hydrogen (secondary N) is 1. The van der Waals surface area contributed by atoms with Gasteiger partial charge in [0.05, 0.1) is 19.6 Å². The molecule has 2 N–H and O–H groups in total. The number of hydrogen-bond donors (Lipinski definition) is 2. The Balaban J connectivity index is 2.05. The van der Waals surface area contributed by atoms with Crippen LogP contribution in [0.4, 0.5) is 0 Å². The normalized spacial score (nSPS) is 15.7. The predicted octanol–water partition coefficient (Wildman–Crippen LogP) is 1.69. The van der Waals surface area contributed by atoms with Crippen molar-refractivity contribution in [2.45, 2.75) is 19.3 Å². The summed E-state index contributed by atoms with van der Waals surface area (Å²) in [5, 5.41) is 11.9. The van der Waals surface area contributed by atoms with Crippen LogP contribution in [0.2, 0.25) is 0 Å². The Hall–Kier alpha value is -2.24. The molecule has 0 unspecified atom stereocenters. The molecule has 2 rings (SSSR count). The minimum absolute atomic E-state index is 0.148. The Morgan fingerprint density at radius 3 is 2.38 bits per heavy atom. The van der Waals surface area contributed by atoms with E-state index in [1.165, 1.54) is 14.2 Å². The Morgan fingerprint density at radius 1 is 1.24 bits per heavy atom. The zero-order valence-electron chi connectivity index (χ0n) is 12.1. The molecule has 0 bridgehead atoms. The first-order valence-electron chi connectivity index (χ1n) is 6.76. The molecule has 114 valence electrons. The van der Waals surface area contributed by atoms with Gasteiger partial charge in [0.1, 0.15) is 0 Å². The molecule has 0 spiro atoms. The highest BCUT2D eigenvalue weighted by atomic mass is 16.5. The molecule has 0 heterocycles. The summed E-state index contributed by atoms with van der Waals surface area (Å²) in [5.41, 5.74) is -0.390. The summed E-state index contributed by atoms with van der Waals surface area (Å²) in [4.78, 5) is 23.4. The van der Waals surface area contributed by atoms with Crippen LogP contribution in [0.5, 0.6) is 11.5 Å². The third kappa shape index (κ3) is 2.94. The van der Waals surface area contributed by atoms with Gasteiger partial charge in [0, 0.05) is 12.1 Å². The third-order valence-electron chi connectivity index (χ3n) is 4.00. The van der Waals surface area contributed by atoms with Crippen LogP contribution in [0.25, 0.3) is 0 Å². The van der Waals surface area contributed by atoms with Gasteiger partial charge in [-0.15, -0.1) is 0 Å². The monoisotopic (exact) mass is 293 g/mol. The number of carbonyl (C=O) groups excluding carboxylic acids is 1. The second-order valence-corrected chi connectivity index (χ2v) is 5.19. The van der Waals surface area contributed by atoms with Gasteiger partial charge >= 0.3 is 5.97 Å². The van der Waals surface area contributed by atoms with Crippen LogP contribution in [0.15, 0.2) is 18.2 Å². The van der Waals surface area contributed by atoms with E-state index in [2.05, 4.69) is 5.32 Å². The maximum absolute atomic E-state index is 12.1. The summed E-state index contributed by atoms with van der Waals surface area (Å²) < 4.78 is 10.3. The lowest BCUT2D eigenvalue weighted by atomic mass is 9.69. The van der Waals surface area contributed by atoms with Crippen molar-refractivity contribution in [3.8, 4) is 11.5 Å². The van der Waals surface area contributed by atoms with E-state index in [4.69, 9.17) is 9.47 Å². The van der Waals surface area contributed by atoms with E-state index in [1.807, 2.05) is 0 Å². The standard InChI is InChI=1S/C15H19NO5/c1-20-11-5-4-10(8-12(11)21-2)13(17)16-9-15(14(18)19)6-3-7-15/h4-5,8H,3,6-7,9H2,1-2H3,(H,16,17)(H,18,19). The molecule has 1 aliphatic rings. The van der Waals surface area contributed by atoms with Crippen molar-refractivity contribution in [3.63, 3.8) is 0 Å². The van der Waals surface area contributed by atoms with Gasteiger partial charge in [-0.05, 0) is 31.0 Å². The average Bonchev–Trinajstić information content (AvgIpc) is 2.44. The zero-order chi connectivity index (χ0) is 15.5. The number of methoxy groups -OCH3 is 2. The molecule has 0 aliphatic heterocycles. The second kappa shape index (κ2) is 6.03. The number of hydrogen-bond acceptors (Lipinski definition) is 4. The fourth-order valence-electron chi connectivity index (χ4n) is 2.40. The van der Waals surface area contributed by atoms with E-state index in [0.717, 1.165) is 6.42 Å². The van der Waals surface area contributed by atoms with Crippen molar-refractivity contribution in [2.75, 3.05) is 20.8 Å². The average molecular weight is 293 g/mol. The fraction of sp³-hybridized carbons (Fsp3) is 0.467. The van der Waals surface area contributed by atoms with E-state index in [-0.39, 0.29) is 12.5 Å². The summed E-state index contributed by atoms with van der Waals surface area (Å²) in [5.74, 6) is -0.165. The van der Waals surface area contributed by atoms with Crippen LogP contribution in [-0.4, -0.2) is 37.7 Å². The Bertz CT molecular complexity index is 551. The van der Waals surface area contributed by atoms with Gasteiger partial charge in [-0.2, -0.15) is 0 Å². The third-order valence-corrected chi connectivity index (χ3v) is 4.00. The van der Waals surface area contributed by atoms with Crippen molar-refractivity contribution < 1.29 is 24.2 Å². The summed E-state index contributed by atoms with van der Waals surface area (Å²) in [6.45, 7) is 0.148. The molecule has 1 fully saturated rings. The van der Waals surface area contributed by atoms with Gasteiger partial charge in [0.15, 0.2) is 11.5 Å². The van der Waals surface area contributed by atoms with Gasteiger partial charge in [-0.3, -0.25) is 9.59 Å². The number of ether oxygens (including phenoxy) is 2.